The number of halogens is 1. The lowest BCUT2D eigenvalue weighted by Gasteiger charge is -2.34. The minimum absolute atomic E-state index is 0.265. The summed E-state index contributed by atoms with van der Waals surface area (Å²) in [6, 6.07) is 9.15. The Labute approximate surface area is 183 Å². The molecule has 2 aromatic heterocycles. The Hall–Kier alpha value is -2.28. The van der Waals surface area contributed by atoms with Gasteiger partial charge in [-0.1, -0.05) is 23.7 Å². The van der Waals surface area contributed by atoms with E-state index in [4.69, 9.17) is 20.9 Å². The molecule has 0 amide bonds. The molecule has 3 aromatic rings. The highest BCUT2D eigenvalue weighted by molar-refractivity contribution is 7.84. The molecule has 3 atom stereocenters. The fourth-order valence-electron chi connectivity index (χ4n) is 3.98. The number of rotatable bonds is 7. The molecule has 1 aromatic carbocycles. The molecule has 0 bridgehead atoms. The highest BCUT2D eigenvalue weighted by atomic mass is 35.5. The van der Waals surface area contributed by atoms with Crippen LogP contribution >= 0.6 is 11.6 Å². The topological polar surface area (TPSA) is 153 Å². The molecule has 4 rings (SSSR count). The summed E-state index contributed by atoms with van der Waals surface area (Å²) >= 11 is 5.92. The van der Waals surface area contributed by atoms with E-state index >= 15 is 0 Å². The van der Waals surface area contributed by atoms with Crippen LogP contribution in [0.5, 0.6) is 0 Å². The molecule has 5 N–H and O–H groups in total. The van der Waals surface area contributed by atoms with Gasteiger partial charge < -0.3 is 20.1 Å². The van der Waals surface area contributed by atoms with Crippen molar-refractivity contribution in [2.24, 2.45) is 5.14 Å². The predicted molar refractivity (Wildman–Crippen MR) is 115 cm³/mol. The van der Waals surface area contributed by atoms with E-state index < -0.39 is 34.7 Å². The standard InChI is InChI=1S/C19H22ClN5O5S/c20-13-3-1-12(2-4-13)9-22-17-14-6-8-25(18(14)24-11-23-17)19(10-30-31(21,28)29)7-5-15(26)16(19)27/h1-4,6,8,11,15-16,26-27H,5,7,9-10H2,(H2,21,28,29)(H,22,23,24)/t15-,16-,19-/m0/s1. The van der Waals surface area contributed by atoms with E-state index in [9.17, 15) is 18.6 Å². The highest BCUT2D eigenvalue weighted by Crippen LogP contribution is 2.40. The van der Waals surface area contributed by atoms with Crippen molar-refractivity contribution in [2.45, 2.75) is 37.1 Å². The van der Waals surface area contributed by atoms with Crippen LogP contribution in [-0.4, -0.2) is 52.0 Å². The molecule has 0 saturated heterocycles. The number of hydrogen-bond donors (Lipinski definition) is 4. The van der Waals surface area contributed by atoms with Gasteiger partial charge in [-0.2, -0.15) is 8.42 Å². The number of aliphatic hydroxyl groups is 2. The molecule has 0 unspecified atom stereocenters. The third-order valence-electron chi connectivity index (χ3n) is 5.60. The molecule has 2 heterocycles. The van der Waals surface area contributed by atoms with Crippen LogP contribution in [0.2, 0.25) is 5.02 Å². The Morgan fingerprint density at radius 1 is 1.26 bits per heavy atom. The van der Waals surface area contributed by atoms with E-state index in [1.165, 1.54) is 6.33 Å². The van der Waals surface area contributed by atoms with E-state index in [0.29, 0.717) is 28.4 Å². The third-order valence-corrected chi connectivity index (χ3v) is 6.29. The molecular formula is C19H22ClN5O5S. The zero-order valence-corrected chi connectivity index (χ0v) is 17.9. The lowest BCUT2D eigenvalue weighted by atomic mass is 9.95. The third kappa shape index (κ3) is 4.38. The SMILES string of the molecule is NS(=O)(=O)OC[C@@]1(n2ccc3c(NCc4ccc(Cl)cc4)ncnc32)CC[C@H](O)[C@@H]1O. The Morgan fingerprint density at radius 2 is 2.00 bits per heavy atom. The summed E-state index contributed by atoms with van der Waals surface area (Å²) in [5.41, 5.74) is 0.206. The number of nitrogens with two attached hydrogens (primary N) is 1. The Morgan fingerprint density at radius 3 is 2.65 bits per heavy atom. The number of aromatic nitrogens is 3. The summed E-state index contributed by atoms with van der Waals surface area (Å²) in [6.07, 6.45) is 1.26. The van der Waals surface area contributed by atoms with E-state index in [1.807, 2.05) is 12.1 Å². The van der Waals surface area contributed by atoms with Crippen molar-refractivity contribution < 1.29 is 22.8 Å². The van der Waals surface area contributed by atoms with Gasteiger partial charge in [-0.25, -0.2) is 15.1 Å². The van der Waals surface area contributed by atoms with Crippen LogP contribution < -0.4 is 10.5 Å². The first-order chi connectivity index (χ1) is 14.7. The molecule has 0 radical (unpaired) electrons. The summed E-state index contributed by atoms with van der Waals surface area (Å²) < 4.78 is 29.3. The summed E-state index contributed by atoms with van der Waals surface area (Å²) in [7, 11) is -4.25. The number of nitrogens with one attached hydrogen (secondary N) is 1. The molecule has 166 valence electrons. The Kier molecular flexibility index (Phi) is 5.90. The Balaban J connectivity index is 1.68. The zero-order chi connectivity index (χ0) is 22.2. The van der Waals surface area contributed by atoms with E-state index in [1.54, 1.807) is 29.0 Å². The quantitative estimate of drug-likeness (QED) is 0.403. The molecular weight excluding hydrogens is 446 g/mol. The number of fused-ring (bicyclic) bond motifs is 1. The van der Waals surface area contributed by atoms with Crippen molar-refractivity contribution >= 4 is 38.8 Å². The first-order valence-electron chi connectivity index (χ1n) is 9.54. The summed E-state index contributed by atoms with van der Waals surface area (Å²) in [5.74, 6) is 0.564. The van der Waals surface area contributed by atoms with Crippen molar-refractivity contribution in [1.29, 1.82) is 0 Å². The van der Waals surface area contributed by atoms with E-state index in [0.717, 1.165) is 5.56 Å². The lowest BCUT2D eigenvalue weighted by molar-refractivity contribution is -0.0307. The van der Waals surface area contributed by atoms with Crippen LogP contribution in [0, 0.1) is 0 Å². The maximum Gasteiger partial charge on any atom is 0.333 e. The molecule has 31 heavy (non-hydrogen) atoms. The fourth-order valence-corrected chi connectivity index (χ4v) is 4.47. The van der Waals surface area contributed by atoms with Crippen molar-refractivity contribution in [3.8, 4) is 0 Å². The van der Waals surface area contributed by atoms with Gasteiger partial charge in [0.05, 0.1) is 23.6 Å². The first kappa shape index (κ1) is 21.9. The molecule has 1 aliphatic rings. The van der Waals surface area contributed by atoms with Crippen molar-refractivity contribution in [1.82, 2.24) is 14.5 Å². The highest BCUT2D eigenvalue weighted by Gasteiger charge is 2.50. The van der Waals surface area contributed by atoms with Gasteiger partial charge in [0, 0.05) is 17.8 Å². The molecule has 1 aliphatic carbocycles. The average molecular weight is 468 g/mol. The normalized spacial score (nSPS) is 24.0. The van der Waals surface area contributed by atoms with Gasteiger partial charge in [0.25, 0.3) is 0 Å². The first-order valence-corrected chi connectivity index (χ1v) is 11.4. The second kappa shape index (κ2) is 8.34. The number of anilines is 1. The van der Waals surface area contributed by atoms with Crippen LogP contribution in [-0.2, 0) is 26.6 Å². The van der Waals surface area contributed by atoms with Gasteiger partial charge >= 0.3 is 10.3 Å². The van der Waals surface area contributed by atoms with E-state index in [-0.39, 0.29) is 12.8 Å². The zero-order valence-electron chi connectivity index (χ0n) is 16.3. The van der Waals surface area contributed by atoms with Gasteiger partial charge in [0.1, 0.15) is 23.9 Å². The van der Waals surface area contributed by atoms with Crippen LogP contribution in [0.25, 0.3) is 11.0 Å². The summed E-state index contributed by atoms with van der Waals surface area (Å²) in [4.78, 5) is 8.63. The van der Waals surface area contributed by atoms with Crippen LogP contribution in [0.1, 0.15) is 18.4 Å². The number of hydrogen-bond acceptors (Lipinski definition) is 8. The van der Waals surface area contributed by atoms with Gasteiger partial charge in [-0.3, -0.25) is 4.18 Å². The van der Waals surface area contributed by atoms with Crippen molar-refractivity contribution in [2.75, 3.05) is 11.9 Å². The molecule has 0 aliphatic heterocycles. The van der Waals surface area contributed by atoms with Gasteiger partial charge in [0.2, 0.25) is 0 Å². The molecule has 1 fully saturated rings. The average Bonchev–Trinajstić information content (AvgIpc) is 3.29. The van der Waals surface area contributed by atoms with Crippen molar-refractivity contribution in [3.63, 3.8) is 0 Å². The molecule has 10 nitrogen and oxygen atoms in total. The van der Waals surface area contributed by atoms with Gasteiger partial charge in [0.15, 0.2) is 0 Å². The minimum atomic E-state index is -4.25. The largest absolute Gasteiger partial charge is 0.390 e. The summed E-state index contributed by atoms with van der Waals surface area (Å²) in [5, 5.41) is 30.5. The predicted octanol–water partition coefficient (Wildman–Crippen LogP) is 1.13. The molecule has 12 heteroatoms. The minimum Gasteiger partial charge on any atom is -0.390 e. The molecule has 0 spiro atoms. The number of nitrogens with zero attached hydrogens (tertiary/aromatic N) is 3. The monoisotopic (exact) mass is 467 g/mol. The molecule has 1 saturated carbocycles. The van der Waals surface area contributed by atoms with E-state index in [2.05, 4.69) is 15.3 Å². The second-order valence-electron chi connectivity index (χ2n) is 7.53. The van der Waals surface area contributed by atoms with Crippen molar-refractivity contribution in [3.05, 3.63) is 53.4 Å². The van der Waals surface area contributed by atoms with Crippen LogP contribution in [0.15, 0.2) is 42.9 Å². The van der Waals surface area contributed by atoms with Crippen LogP contribution in [0.4, 0.5) is 5.82 Å². The second-order valence-corrected chi connectivity index (χ2v) is 9.19. The van der Waals surface area contributed by atoms with Crippen LogP contribution in [0.3, 0.4) is 0 Å². The number of benzene rings is 1. The maximum atomic E-state index is 11.4. The van der Waals surface area contributed by atoms with Gasteiger partial charge in [-0.15, -0.1) is 0 Å². The fraction of sp³-hybridized carbons (Fsp3) is 0.368. The smallest absolute Gasteiger partial charge is 0.333 e. The van der Waals surface area contributed by atoms with Gasteiger partial charge in [-0.05, 0) is 36.6 Å². The maximum absolute atomic E-state index is 11.4. The Bertz CT molecular complexity index is 1190. The summed E-state index contributed by atoms with van der Waals surface area (Å²) in [6.45, 7) is 0.0564. The number of aliphatic hydroxyl groups excluding tert-OH is 2. The lowest BCUT2D eigenvalue weighted by Crippen LogP contribution is -2.48.